The van der Waals surface area contributed by atoms with Crippen LogP contribution in [0.25, 0.3) is 0 Å². The van der Waals surface area contributed by atoms with Crippen molar-refractivity contribution in [3.05, 3.63) is 30.3 Å². The Bertz CT molecular complexity index is 518. The van der Waals surface area contributed by atoms with Crippen LogP contribution in [0.3, 0.4) is 0 Å². The molecule has 1 aromatic carbocycles. The molecule has 0 amide bonds. The van der Waals surface area contributed by atoms with E-state index >= 15 is 0 Å². The van der Waals surface area contributed by atoms with E-state index in [1.54, 1.807) is 25.1 Å². The van der Waals surface area contributed by atoms with Crippen LogP contribution in [0.4, 0.5) is 0 Å². The molecule has 1 unspecified atom stereocenters. The molecule has 0 spiro atoms. The van der Waals surface area contributed by atoms with Gasteiger partial charge in [0.2, 0.25) is 0 Å². The van der Waals surface area contributed by atoms with Crippen molar-refractivity contribution in [3.63, 3.8) is 0 Å². The van der Waals surface area contributed by atoms with Crippen LogP contribution in [0.1, 0.15) is 13.3 Å². The van der Waals surface area contributed by atoms with E-state index in [2.05, 4.69) is 5.09 Å². The van der Waals surface area contributed by atoms with Crippen molar-refractivity contribution < 1.29 is 28.9 Å². The second-order valence-corrected chi connectivity index (χ2v) is 6.06. The molecule has 0 saturated heterocycles. The van der Waals surface area contributed by atoms with E-state index in [4.69, 9.17) is 14.7 Å². The lowest BCUT2D eigenvalue weighted by Crippen LogP contribution is -2.39. The number of rotatable bonds is 8. The van der Waals surface area contributed by atoms with Crippen LogP contribution in [-0.2, 0) is 18.7 Å². The first-order valence-electron chi connectivity index (χ1n) is 5.91. The Balaban J connectivity index is 3.04. The summed E-state index contributed by atoms with van der Waals surface area (Å²) in [6, 6.07) is 6.55. The number of carboxylic acids is 2. The highest BCUT2D eigenvalue weighted by atomic mass is 31.2. The van der Waals surface area contributed by atoms with Gasteiger partial charge in [0.25, 0.3) is 7.52 Å². The zero-order valence-corrected chi connectivity index (χ0v) is 11.7. The molecule has 0 aliphatic rings. The molecule has 8 heteroatoms. The molecule has 0 radical (unpaired) electrons. The minimum Gasteiger partial charge on any atom is -0.481 e. The SMILES string of the molecule is CCOP(=O)(N[C@@H](CC(=O)O)C(=O)O)c1ccccc1. The minimum absolute atomic E-state index is 0.0958. The number of nitrogens with one attached hydrogen (secondary N) is 1. The molecule has 0 heterocycles. The Morgan fingerprint density at radius 2 is 1.90 bits per heavy atom. The average molecular weight is 301 g/mol. The van der Waals surface area contributed by atoms with Gasteiger partial charge in [-0.1, -0.05) is 18.2 Å². The third-order valence-corrected chi connectivity index (χ3v) is 4.66. The zero-order chi connectivity index (χ0) is 15.2. The summed E-state index contributed by atoms with van der Waals surface area (Å²) in [6.45, 7) is 1.71. The van der Waals surface area contributed by atoms with Crippen LogP contribution >= 0.6 is 7.52 Å². The van der Waals surface area contributed by atoms with Crippen LogP contribution in [0, 0.1) is 0 Å². The quantitative estimate of drug-likeness (QED) is 0.615. The summed E-state index contributed by atoms with van der Waals surface area (Å²) in [4.78, 5) is 21.7. The second-order valence-electron chi connectivity index (χ2n) is 3.92. The summed E-state index contributed by atoms with van der Waals surface area (Å²) in [6.07, 6.45) is -0.695. The molecule has 0 saturated carbocycles. The van der Waals surface area contributed by atoms with E-state index in [9.17, 15) is 14.2 Å². The molecule has 1 aromatic rings. The van der Waals surface area contributed by atoms with E-state index in [0.717, 1.165) is 0 Å². The molecule has 20 heavy (non-hydrogen) atoms. The van der Waals surface area contributed by atoms with Gasteiger partial charge in [-0.3, -0.25) is 14.2 Å². The third kappa shape index (κ3) is 4.45. The Hall–Kier alpha value is -1.69. The van der Waals surface area contributed by atoms with Crippen LogP contribution in [0.15, 0.2) is 30.3 Å². The number of hydrogen-bond donors (Lipinski definition) is 3. The van der Waals surface area contributed by atoms with Crippen LogP contribution in [0.2, 0.25) is 0 Å². The van der Waals surface area contributed by atoms with Crippen LogP contribution in [-0.4, -0.2) is 34.8 Å². The molecule has 0 aliphatic heterocycles. The highest BCUT2D eigenvalue weighted by molar-refractivity contribution is 7.65. The molecule has 110 valence electrons. The number of benzene rings is 1. The smallest absolute Gasteiger partial charge is 0.321 e. The van der Waals surface area contributed by atoms with Crippen LogP contribution in [0.5, 0.6) is 0 Å². The Morgan fingerprint density at radius 3 is 2.35 bits per heavy atom. The normalized spacial score (nSPS) is 15.2. The second kappa shape index (κ2) is 7.19. The van der Waals surface area contributed by atoms with Crippen molar-refractivity contribution in [3.8, 4) is 0 Å². The van der Waals surface area contributed by atoms with Crippen molar-refractivity contribution in [2.45, 2.75) is 19.4 Å². The molecular weight excluding hydrogens is 285 g/mol. The lowest BCUT2D eigenvalue weighted by Gasteiger charge is -2.22. The fourth-order valence-corrected chi connectivity index (χ4v) is 3.47. The molecule has 0 aliphatic carbocycles. The lowest BCUT2D eigenvalue weighted by atomic mass is 10.2. The molecule has 1 rings (SSSR count). The first-order valence-corrected chi connectivity index (χ1v) is 7.54. The summed E-state index contributed by atoms with van der Waals surface area (Å²) in [7, 11) is -3.63. The summed E-state index contributed by atoms with van der Waals surface area (Å²) < 4.78 is 17.9. The van der Waals surface area contributed by atoms with E-state index in [1.807, 2.05) is 0 Å². The number of carbonyl (C=O) groups is 2. The Labute approximate surface area is 116 Å². The van der Waals surface area contributed by atoms with Gasteiger partial charge in [-0.05, 0) is 19.1 Å². The zero-order valence-electron chi connectivity index (χ0n) is 10.9. The monoisotopic (exact) mass is 301 g/mol. The van der Waals surface area contributed by atoms with Gasteiger partial charge in [0.05, 0.1) is 18.3 Å². The van der Waals surface area contributed by atoms with Crippen molar-refractivity contribution in [2.75, 3.05) is 6.61 Å². The molecule has 0 fully saturated rings. The summed E-state index contributed by atoms with van der Waals surface area (Å²) in [5.74, 6) is -2.70. The number of hydrogen-bond acceptors (Lipinski definition) is 4. The standard InChI is InChI=1S/C12H16NO6P/c1-2-19-20(18,9-6-4-3-5-7-9)13-10(12(16)17)8-11(14)15/h3-7,10H,2,8H2,1H3,(H,13,18)(H,14,15)(H,16,17)/t10-,20?/m0/s1. The predicted molar refractivity (Wildman–Crippen MR) is 72.1 cm³/mol. The average Bonchev–Trinajstić information content (AvgIpc) is 2.38. The maximum atomic E-state index is 12.7. The van der Waals surface area contributed by atoms with Gasteiger partial charge in [-0.15, -0.1) is 0 Å². The predicted octanol–water partition coefficient (Wildman–Crippen LogP) is 1.06. The maximum absolute atomic E-state index is 12.7. The topological polar surface area (TPSA) is 113 Å². The first-order chi connectivity index (χ1) is 9.39. The Morgan fingerprint density at radius 1 is 1.30 bits per heavy atom. The Kier molecular flexibility index (Phi) is 5.88. The van der Waals surface area contributed by atoms with Gasteiger partial charge < -0.3 is 14.7 Å². The molecule has 7 nitrogen and oxygen atoms in total. The fourth-order valence-electron chi connectivity index (χ4n) is 1.56. The van der Waals surface area contributed by atoms with Crippen molar-refractivity contribution in [2.24, 2.45) is 0 Å². The summed E-state index contributed by atoms with van der Waals surface area (Å²) >= 11 is 0. The van der Waals surface area contributed by atoms with Crippen molar-refractivity contribution in [1.82, 2.24) is 5.09 Å². The molecule has 0 aromatic heterocycles. The first kappa shape index (κ1) is 16.4. The fraction of sp³-hybridized carbons (Fsp3) is 0.333. The molecule has 0 bridgehead atoms. The summed E-state index contributed by atoms with van der Waals surface area (Å²) in [5.41, 5.74) is 0. The van der Waals surface area contributed by atoms with Gasteiger partial charge in [0, 0.05) is 0 Å². The van der Waals surface area contributed by atoms with E-state index < -0.39 is 31.9 Å². The van der Waals surface area contributed by atoms with Crippen molar-refractivity contribution >= 4 is 24.8 Å². The van der Waals surface area contributed by atoms with E-state index in [0.29, 0.717) is 5.30 Å². The van der Waals surface area contributed by atoms with Gasteiger partial charge >= 0.3 is 11.9 Å². The van der Waals surface area contributed by atoms with E-state index in [1.165, 1.54) is 12.1 Å². The van der Waals surface area contributed by atoms with Gasteiger partial charge in [-0.25, -0.2) is 5.09 Å². The van der Waals surface area contributed by atoms with Gasteiger partial charge in [0.15, 0.2) is 0 Å². The van der Waals surface area contributed by atoms with Crippen molar-refractivity contribution in [1.29, 1.82) is 0 Å². The number of carboxylic acid groups (broad SMARTS) is 2. The minimum atomic E-state index is -3.63. The number of aliphatic carboxylic acids is 2. The summed E-state index contributed by atoms with van der Waals surface area (Å²) in [5, 5.41) is 20.3. The molecular formula is C12H16NO6P. The maximum Gasteiger partial charge on any atom is 0.321 e. The largest absolute Gasteiger partial charge is 0.481 e. The molecule has 2 atom stereocenters. The van der Waals surface area contributed by atoms with Gasteiger partial charge in [-0.2, -0.15) is 0 Å². The van der Waals surface area contributed by atoms with Crippen LogP contribution < -0.4 is 10.4 Å². The molecule has 3 N–H and O–H groups in total. The third-order valence-electron chi connectivity index (χ3n) is 2.41. The lowest BCUT2D eigenvalue weighted by molar-refractivity contribution is -0.145. The van der Waals surface area contributed by atoms with Gasteiger partial charge in [0.1, 0.15) is 6.04 Å². The van der Waals surface area contributed by atoms with E-state index in [-0.39, 0.29) is 6.61 Å². The highest BCUT2D eigenvalue weighted by Crippen LogP contribution is 2.41. The highest BCUT2D eigenvalue weighted by Gasteiger charge is 2.33.